The van der Waals surface area contributed by atoms with Gasteiger partial charge in [-0.05, 0) is 62.9 Å². The summed E-state index contributed by atoms with van der Waals surface area (Å²) >= 11 is 1.30. The van der Waals surface area contributed by atoms with E-state index in [-0.39, 0.29) is 16.1 Å². The molecular formula is C21H27N3O3S2. The van der Waals surface area contributed by atoms with Crippen LogP contribution in [0, 0.1) is 13.8 Å². The number of thioether (sulfide) groups is 1. The topological polar surface area (TPSA) is 79.4 Å². The van der Waals surface area contributed by atoms with Gasteiger partial charge in [0.1, 0.15) is 4.90 Å². The van der Waals surface area contributed by atoms with Gasteiger partial charge < -0.3 is 5.32 Å². The molecule has 3 rings (SSSR count). The second-order valence-corrected chi connectivity index (χ2v) is 10.7. The van der Waals surface area contributed by atoms with E-state index in [0.29, 0.717) is 18.1 Å². The fraction of sp³-hybridized carbons (Fsp3) is 0.429. The first-order valence-corrected chi connectivity index (χ1v) is 12.1. The number of hydrogen-bond acceptors (Lipinski definition) is 5. The third kappa shape index (κ3) is 5.38. The molecule has 1 aliphatic rings. The molecule has 0 spiro atoms. The number of hydrogen-bond donors (Lipinski definition) is 1. The van der Waals surface area contributed by atoms with Crippen LogP contribution in [0.3, 0.4) is 0 Å². The molecule has 1 atom stereocenters. The van der Waals surface area contributed by atoms with E-state index in [1.807, 2.05) is 39.0 Å². The second-order valence-electron chi connectivity index (χ2n) is 7.36. The summed E-state index contributed by atoms with van der Waals surface area (Å²) in [7, 11) is -3.49. The van der Waals surface area contributed by atoms with Crippen molar-refractivity contribution in [2.45, 2.75) is 55.2 Å². The molecule has 156 valence electrons. The van der Waals surface area contributed by atoms with Crippen molar-refractivity contribution in [1.82, 2.24) is 9.29 Å². The second kappa shape index (κ2) is 9.28. The molecule has 1 N–H and O–H groups in total. The summed E-state index contributed by atoms with van der Waals surface area (Å²) in [5.74, 6) is -0.115. The number of sulfonamides is 1. The monoisotopic (exact) mass is 433 g/mol. The predicted molar refractivity (Wildman–Crippen MR) is 117 cm³/mol. The molecule has 1 aliphatic heterocycles. The largest absolute Gasteiger partial charge is 0.325 e. The Morgan fingerprint density at radius 2 is 1.86 bits per heavy atom. The van der Waals surface area contributed by atoms with E-state index in [9.17, 15) is 13.2 Å². The van der Waals surface area contributed by atoms with Gasteiger partial charge in [0, 0.05) is 25.0 Å². The molecule has 1 amide bonds. The van der Waals surface area contributed by atoms with E-state index in [2.05, 4.69) is 10.3 Å². The molecule has 8 heteroatoms. The van der Waals surface area contributed by atoms with E-state index in [0.717, 1.165) is 36.1 Å². The number of piperidine rings is 1. The van der Waals surface area contributed by atoms with E-state index >= 15 is 0 Å². The molecule has 2 aromatic rings. The van der Waals surface area contributed by atoms with Crippen LogP contribution in [0.25, 0.3) is 0 Å². The molecule has 6 nitrogen and oxygen atoms in total. The van der Waals surface area contributed by atoms with E-state index in [1.54, 1.807) is 12.1 Å². The Morgan fingerprint density at radius 1 is 1.14 bits per heavy atom. The minimum absolute atomic E-state index is 0.115. The van der Waals surface area contributed by atoms with Crippen LogP contribution in [0.4, 0.5) is 5.69 Å². The molecule has 2 heterocycles. The smallest absolute Gasteiger partial charge is 0.244 e. The van der Waals surface area contributed by atoms with Crippen LogP contribution in [0.2, 0.25) is 0 Å². The lowest BCUT2D eigenvalue weighted by Gasteiger charge is -2.25. The van der Waals surface area contributed by atoms with Gasteiger partial charge in [0.2, 0.25) is 15.9 Å². The maximum Gasteiger partial charge on any atom is 0.244 e. The first-order valence-electron chi connectivity index (χ1n) is 9.78. The maximum absolute atomic E-state index is 12.7. The van der Waals surface area contributed by atoms with E-state index in [4.69, 9.17) is 0 Å². The number of nitrogens with one attached hydrogen (secondary N) is 1. The molecule has 0 aliphatic carbocycles. The number of aromatic nitrogens is 1. The van der Waals surface area contributed by atoms with Crippen LogP contribution in [0.5, 0.6) is 0 Å². The molecule has 1 aromatic carbocycles. The lowest BCUT2D eigenvalue weighted by atomic mass is 10.1. The van der Waals surface area contributed by atoms with Gasteiger partial charge in [-0.1, -0.05) is 30.3 Å². The van der Waals surface area contributed by atoms with Gasteiger partial charge in [-0.3, -0.25) is 4.79 Å². The molecular weight excluding hydrogens is 406 g/mol. The zero-order valence-electron chi connectivity index (χ0n) is 17.0. The van der Waals surface area contributed by atoms with E-state index in [1.165, 1.54) is 22.3 Å². The van der Waals surface area contributed by atoms with Crippen molar-refractivity contribution >= 4 is 33.4 Å². The zero-order chi connectivity index (χ0) is 21.0. The minimum atomic E-state index is -3.49. The first-order chi connectivity index (χ1) is 13.8. The van der Waals surface area contributed by atoms with Gasteiger partial charge in [0.15, 0.2) is 0 Å². The third-order valence-electron chi connectivity index (χ3n) is 4.98. The number of nitrogens with zero attached hydrogens (tertiary/aromatic N) is 2. The van der Waals surface area contributed by atoms with Crippen molar-refractivity contribution in [3.63, 3.8) is 0 Å². The Labute approximate surface area is 177 Å². The van der Waals surface area contributed by atoms with Gasteiger partial charge in [-0.25, -0.2) is 13.4 Å². The summed E-state index contributed by atoms with van der Waals surface area (Å²) in [5.41, 5.74) is 2.89. The molecule has 1 unspecified atom stereocenters. The SMILES string of the molecule is Cc1ccc(C)c(NC(=O)C(C)Sc2ccc(S(=O)(=O)N3CCCCC3)cn2)c1. The van der Waals surface area contributed by atoms with Crippen LogP contribution < -0.4 is 5.32 Å². The summed E-state index contributed by atoms with van der Waals surface area (Å²) in [6.07, 6.45) is 4.25. The lowest BCUT2D eigenvalue weighted by molar-refractivity contribution is -0.115. The van der Waals surface area contributed by atoms with Crippen molar-refractivity contribution in [2.24, 2.45) is 0 Å². The fourth-order valence-corrected chi connectivity index (χ4v) is 5.43. The number of carbonyl (C=O) groups excluding carboxylic acids is 1. The van der Waals surface area contributed by atoms with Crippen LogP contribution in [-0.2, 0) is 14.8 Å². The third-order valence-corrected chi connectivity index (χ3v) is 7.91. The van der Waals surface area contributed by atoms with Gasteiger partial charge >= 0.3 is 0 Å². The van der Waals surface area contributed by atoms with E-state index < -0.39 is 10.0 Å². The minimum Gasteiger partial charge on any atom is -0.325 e. The fourth-order valence-electron chi connectivity index (χ4n) is 3.18. The van der Waals surface area contributed by atoms with Gasteiger partial charge in [0.25, 0.3) is 0 Å². The molecule has 0 radical (unpaired) electrons. The summed E-state index contributed by atoms with van der Waals surface area (Å²) in [6, 6.07) is 9.18. The van der Waals surface area contributed by atoms with Crippen molar-refractivity contribution in [3.8, 4) is 0 Å². The Morgan fingerprint density at radius 3 is 2.52 bits per heavy atom. The van der Waals surface area contributed by atoms with Crippen LogP contribution in [0.1, 0.15) is 37.3 Å². The number of carbonyl (C=O) groups is 1. The van der Waals surface area contributed by atoms with Crippen molar-refractivity contribution in [3.05, 3.63) is 47.7 Å². The Balaban J connectivity index is 1.64. The van der Waals surface area contributed by atoms with Crippen molar-refractivity contribution in [2.75, 3.05) is 18.4 Å². The number of aryl methyl sites for hydroxylation is 2. The van der Waals surface area contributed by atoms with Crippen molar-refractivity contribution in [1.29, 1.82) is 0 Å². The molecule has 1 saturated heterocycles. The standard InChI is InChI=1S/C21H27N3O3S2/c1-15-7-8-16(2)19(13-15)23-21(25)17(3)28-20-10-9-18(14-22-20)29(26,27)24-11-5-4-6-12-24/h7-10,13-14,17H,4-6,11-12H2,1-3H3,(H,23,25). The van der Waals surface area contributed by atoms with Crippen LogP contribution >= 0.6 is 11.8 Å². The number of rotatable bonds is 6. The Kier molecular flexibility index (Phi) is 6.97. The highest BCUT2D eigenvalue weighted by Crippen LogP contribution is 2.26. The molecule has 0 bridgehead atoms. The molecule has 29 heavy (non-hydrogen) atoms. The quantitative estimate of drug-likeness (QED) is 0.697. The van der Waals surface area contributed by atoms with Gasteiger partial charge in [0.05, 0.1) is 10.3 Å². The highest BCUT2D eigenvalue weighted by atomic mass is 32.2. The normalized spacial score (nSPS) is 16.4. The lowest BCUT2D eigenvalue weighted by Crippen LogP contribution is -2.35. The summed E-state index contributed by atoms with van der Waals surface area (Å²) in [5, 5.41) is 3.21. The average molecular weight is 434 g/mol. The van der Waals surface area contributed by atoms with Gasteiger partial charge in [-0.15, -0.1) is 0 Å². The number of benzene rings is 1. The molecule has 1 aromatic heterocycles. The van der Waals surface area contributed by atoms with Crippen LogP contribution in [0.15, 0.2) is 46.5 Å². The first kappa shape index (κ1) is 21.8. The Bertz CT molecular complexity index is 969. The number of anilines is 1. The predicted octanol–water partition coefficient (Wildman–Crippen LogP) is 3.99. The summed E-state index contributed by atoms with van der Waals surface area (Å²) in [4.78, 5) is 17.0. The molecule has 1 fully saturated rings. The number of pyridine rings is 1. The highest BCUT2D eigenvalue weighted by molar-refractivity contribution is 8.00. The maximum atomic E-state index is 12.7. The Hall–Kier alpha value is -1.90. The number of amides is 1. The summed E-state index contributed by atoms with van der Waals surface area (Å²) in [6.45, 7) is 6.88. The zero-order valence-corrected chi connectivity index (χ0v) is 18.6. The summed E-state index contributed by atoms with van der Waals surface area (Å²) < 4.78 is 26.9. The molecule has 0 saturated carbocycles. The average Bonchev–Trinajstić information content (AvgIpc) is 2.71. The van der Waals surface area contributed by atoms with Crippen molar-refractivity contribution < 1.29 is 13.2 Å². The highest BCUT2D eigenvalue weighted by Gasteiger charge is 2.26. The van der Waals surface area contributed by atoms with Crippen LogP contribution in [-0.4, -0.2) is 42.0 Å². The van der Waals surface area contributed by atoms with Gasteiger partial charge in [-0.2, -0.15) is 4.31 Å².